The van der Waals surface area contributed by atoms with E-state index in [0.29, 0.717) is 11.4 Å². The highest BCUT2D eigenvalue weighted by Crippen LogP contribution is 2.29. The smallest absolute Gasteiger partial charge is 0.387 e. The van der Waals surface area contributed by atoms with E-state index in [4.69, 9.17) is 4.74 Å². The van der Waals surface area contributed by atoms with Crippen LogP contribution in [0.3, 0.4) is 0 Å². The maximum atomic E-state index is 12.5. The van der Waals surface area contributed by atoms with Crippen molar-refractivity contribution in [1.29, 1.82) is 0 Å². The Morgan fingerprint density at radius 3 is 2.40 bits per heavy atom. The Balaban J connectivity index is 2.29. The normalized spacial score (nSPS) is 10.3. The number of alkyl halides is 2. The lowest BCUT2D eigenvalue weighted by atomic mass is 10.1. The van der Waals surface area contributed by atoms with Crippen molar-refractivity contribution in [3.63, 3.8) is 0 Å². The summed E-state index contributed by atoms with van der Waals surface area (Å²) in [6.07, 6.45) is 0. The van der Waals surface area contributed by atoms with Crippen molar-refractivity contribution in [2.24, 2.45) is 0 Å². The van der Waals surface area contributed by atoms with Crippen LogP contribution in [0.5, 0.6) is 11.5 Å². The molecule has 2 aromatic carbocycles. The Bertz CT molecular complexity index is 781. The summed E-state index contributed by atoms with van der Waals surface area (Å²) < 4.78 is 34.5. The van der Waals surface area contributed by atoms with Gasteiger partial charge in [-0.3, -0.25) is 9.59 Å². The van der Waals surface area contributed by atoms with Crippen LogP contribution < -0.4 is 20.1 Å². The quantitative estimate of drug-likeness (QED) is 0.836. The fourth-order valence-corrected chi connectivity index (χ4v) is 2.13. The lowest BCUT2D eigenvalue weighted by Crippen LogP contribution is -2.16. The van der Waals surface area contributed by atoms with Gasteiger partial charge < -0.3 is 20.1 Å². The van der Waals surface area contributed by atoms with E-state index in [-0.39, 0.29) is 22.9 Å². The van der Waals surface area contributed by atoms with Gasteiger partial charge in [0.15, 0.2) is 0 Å². The molecule has 25 heavy (non-hydrogen) atoms. The molecule has 2 N–H and O–H groups in total. The Labute approximate surface area is 142 Å². The first-order valence-corrected chi connectivity index (χ1v) is 7.21. The number of methoxy groups -OCH3 is 1. The second-order valence-corrected chi connectivity index (χ2v) is 4.93. The minimum absolute atomic E-state index is 0.0604. The van der Waals surface area contributed by atoms with E-state index in [1.807, 2.05) is 0 Å². The first kappa shape index (κ1) is 18.2. The molecule has 6 nitrogen and oxygen atoms in total. The molecule has 0 saturated heterocycles. The predicted octanol–water partition coefficient (Wildman–Crippen LogP) is 3.51. The maximum absolute atomic E-state index is 12.5. The molecular weight excluding hydrogens is 334 g/mol. The Kier molecular flexibility index (Phi) is 5.89. The number of anilines is 2. The summed E-state index contributed by atoms with van der Waals surface area (Å²) in [5, 5.41) is 5.14. The molecule has 0 aliphatic rings. The van der Waals surface area contributed by atoms with Gasteiger partial charge in [-0.25, -0.2) is 0 Å². The molecule has 0 atom stereocenters. The van der Waals surface area contributed by atoms with Gasteiger partial charge >= 0.3 is 6.61 Å². The molecule has 0 aliphatic heterocycles. The van der Waals surface area contributed by atoms with Gasteiger partial charge in [0.2, 0.25) is 5.91 Å². The summed E-state index contributed by atoms with van der Waals surface area (Å²) >= 11 is 0. The number of amides is 2. The van der Waals surface area contributed by atoms with Crippen molar-refractivity contribution >= 4 is 23.2 Å². The van der Waals surface area contributed by atoms with E-state index in [1.165, 1.54) is 44.4 Å². The molecule has 2 rings (SSSR count). The highest BCUT2D eigenvalue weighted by Gasteiger charge is 2.17. The summed E-state index contributed by atoms with van der Waals surface area (Å²) in [7, 11) is 1.41. The second kappa shape index (κ2) is 8.09. The van der Waals surface area contributed by atoms with Crippen LogP contribution in [-0.4, -0.2) is 25.5 Å². The second-order valence-electron chi connectivity index (χ2n) is 4.93. The molecule has 132 valence electrons. The Morgan fingerprint density at radius 1 is 1.04 bits per heavy atom. The molecule has 0 radical (unpaired) electrons. The number of hydrogen-bond acceptors (Lipinski definition) is 4. The van der Waals surface area contributed by atoms with Gasteiger partial charge in [0.05, 0.1) is 18.4 Å². The maximum Gasteiger partial charge on any atom is 0.387 e. The van der Waals surface area contributed by atoms with E-state index in [9.17, 15) is 18.4 Å². The molecular formula is C17H16F2N2O4. The molecule has 2 amide bonds. The van der Waals surface area contributed by atoms with E-state index < -0.39 is 12.5 Å². The van der Waals surface area contributed by atoms with Crippen LogP contribution >= 0.6 is 0 Å². The standard InChI is InChI=1S/C17H16F2N2O4/c1-10(22)20-11-7-8-15(24-2)13(9-11)21-16(23)12-5-3-4-6-14(12)25-17(18)19/h3-9,17H,1-2H3,(H,20,22)(H,21,23). The molecule has 8 heteroatoms. The average molecular weight is 350 g/mol. The molecule has 2 aromatic rings. The van der Waals surface area contributed by atoms with Crippen molar-refractivity contribution in [3.05, 3.63) is 48.0 Å². The van der Waals surface area contributed by atoms with Crippen molar-refractivity contribution in [2.45, 2.75) is 13.5 Å². The lowest BCUT2D eigenvalue weighted by Gasteiger charge is -2.14. The fourth-order valence-electron chi connectivity index (χ4n) is 2.13. The van der Waals surface area contributed by atoms with Crippen molar-refractivity contribution < 1.29 is 27.8 Å². The number of para-hydroxylation sites is 1. The van der Waals surface area contributed by atoms with E-state index >= 15 is 0 Å². The molecule has 0 aromatic heterocycles. The number of rotatable bonds is 6. The first-order valence-electron chi connectivity index (χ1n) is 7.21. The summed E-state index contributed by atoms with van der Waals surface area (Å²) in [6.45, 7) is -1.70. The third kappa shape index (κ3) is 4.90. The summed E-state index contributed by atoms with van der Waals surface area (Å²) in [4.78, 5) is 23.6. The van der Waals surface area contributed by atoms with Crippen LogP contribution in [0.2, 0.25) is 0 Å². The van der Waals surface area contributed by atoms with Gasteiger partial charge in [0, 0.05) is 12.6 Å². The number of benzene rings is 2. The minimum atomic E-state index is -3.05. The van der Waals surface area contributed by atoms with Gasteiger partial charge in [-0.1, -0.05) is 12.1 Å². The lowest BCUT2D eigenvalue weighted by molar-refractivity contribution is -0.114. The highest BCUT2D eigenvalue weighted by atomic mass is 19.3. The number of carbonyl (C=O) groups excluding carboxylic acids is 2. The number of hydrogen-bond donors (Lipinski definition) is 2. The third-order valence-electron chi connectivity index (χ3n) is 3.12. The van der Waals surface area contributed by atoms with Crippen LogP contribution in [0.25, 0.3) is 0 Å². The molecule has 0 aliphatic carbocycles. The molecule has 0 unspecified atom stereocenters. The van der Waals surface area contributed by atoms with Gasteiger partial charge in [0.1, 0.15) is 11.5 Å². The third-order valence-corrected chi connectivity index (χ3v) is 3.12. The van der Waals surface area contributed by atoms with E-state index in [2.05, 4.69) is 15.4 Å². The van der Waals surface area contributed by atoms with Crippen LogP contribution in [0.15, 0.2) is 42.5 Å². The highest BCUT2D eigenvalue weighted by molar-refractivity contribution is 6.07. The van der Waals surface area contributed by atoms with Crippen molar-refractivity contribution in [2.75, 3.05) is 17.7 Å². The summed E-state index contributed by atoms with van der Waals surface area (Å²) in [6, 6.07) is 10.3. The SMILES string of the molecule is COc1ccc(NC(C)=O)cc1NC(=O)c1ccccc1OC(F)F. The molecule has 0 heterocycles. The first-order chi connectivity index (χ1) is 11.9. The Morgan fingerprint density at radius 2 is 1.76 bits per heavy atom. The minimum Gasteiger partial charge on any atom is -0.495 e. The Hall–Kier alpha value is -3.16. The molecule has 0 fully saturated rings. The molecule has 0 saturated carbocycles. The van der Waals surface area contributed by atoms with Crippen molar-refractivity contribution in [3.8, 4) is 11.5 Å². The van der Waals surface area contributed by atoms with E-state index in [0.717, 1.165) is 0 Å². The topological polar surface area (TPSA) is 76.7 Å². The largest absolute Gasteiger partial charge is 0.495 e. The fraction of sp³-hybridized carbons (Fsp3) is 0.176. The molecule has 0 spiro atoms. The van der Waals surface area contributed by atoms with Gasteiger partial charge in [-0.15, -0.1) is 0 Å². The summed E-state index contributed by atoms with van der Waals surface area (Å²) in [5.74, 6) is -0.839. The number of carbonyl (C=O) groups is 2. The number of halogens is 2. The number of ether oxygens (including phenoxy) is 2. The monoisotopic (exact) mass is 350 g/mol. The van der Waals surface area contributed by atoms with Gasteiger partial charge in [-0.2, -0.15) is 8.78 Å². The van der Waals surface area contributed by atoms with Crippen LogP contribution in [0, 0.1) is 0 Å². The zero-order valence-corrected chi connectivity index (χ0v) is 13.5. The van der Waals surface area contributed by atoms with Crippen LogP contribution in [-0.2, 0) is 4.79 Å². The van der Waals surface area contributed by atoms with Gasteiger partial charge in [-0.05, 0) is 30.3 Å². The van der Waals surface area contributed by atoms with Crippen LogP contribution in [0.1, 0.15) is 17.3 Å². The average Bonchev–Trinajstić information content (AvgIpc) is 2.54. The zero-order valence-electron chi connectivity index (χ0n) is 13.5. The molecule has 0 bridgehead atoms. The van der Waals surface area contributed by atoms with E-state index in [1.54, 1.807) is 12.1 Å². The van der Waals surface area contributed by atoms with Gasteiger partial charge in [0.25, 0.3) is 5.91 Å². The summed E-state index contributed by atoms with van der Waals surface area (Å²) in [5.41, 5.74) is 0.654. The zero-order chi connectivity index (χ0) is 18.4. The predicted molar refractivity (Wildman–Crippen MR) is 88.3 cm³/mol. The van der Waals surface area contributed by atoms with Crippen molar-refractivity contribution in [1.82, 2.24) is 0 Å². The van der Waals surface area contributed by atoms with Crippen LogP contribution in [0.4, 0.5) is 20.2 Å². The number of nitrogens with one attached hydrogen (secondary N) is 2.